The van der Waals surface area contributed by atoms with Gasteiger partial charge in [0.05, 0.1) is 11.7 Å². The van der Waals surface area contributed by atoms with Crippen LogP contribution in [0, 0.1) is 0 Å². The molecule has 1 saturated heterocycles. The molecule has 20 heavy (non-hydrogen) atoms. The van der Waals surface area contributed by atoms with Gasteiger partial charge in [0.2, 0.25) is 0 Å². The minimum atomic E-state index is 0.360. The molecule has 2 heterocycles. The highest BCUT2D eigenvalue weighted by atomic mass is 35.5. The lowest BCUT2D eigenvalue weighted by atomic mass is 10.1. The molecule has 4 heteroatoms. The number of hydrogen-bond acceptors (Lipinski definition) is 3. The number of rotatable bonds is 4. The third kappa shape index (κ3) is 2.89. The Morgan fingerprint density at radius 2 is 2.15 bits per heavy atom. The summed E-state index contributed by atoms with van der Waals surface area (Å²) in [5.41, 5.74) is 2.33. The van der Waals surface area contributed by atoms with Crippen LogP contribution in [0.15, 0.2) is 34.9 Å². The van der Waals surface area contributed by atoms with Crippen molar-refractivity contribution in [1.29, 1.82) is 0 Å². The van der Waals surface area contributed by atoms with Crippen molar-refractivity contribution in [2.24, 2.45) is 0 Å². The van der Waals surface area contributed by atoms with E-state index in [1.54, 1.807) is 0 Å². The van der Waals surface area contributed by atoms with E-state index in [4.69, 9.17) is 16.1 Å². The van der Waals surface area contributed by atoms with Gasteiger partial charge in [-0.2, -0.15) is 0 Å². The fraction of sp³-hybridized carbons (Fsp3) is 0.438. The Bertz CT molecular complexity index is 564. The van der Waals surface area contributed by atoms with Gasteiger partial charge in [-0.1, -0.05) is 35.8 Å². The second-order valence-corrected chi connectivity index (χ2v) is 5.77. The van der Waals surface area contributed by atoms with Crippen molar-refractivity contribution < 1.29 is 4.52 Å². The van der Waals surface area contributed by atoms with Crippen LogP contribution < -0.4 is 0 Å². The van der Waals surface area contributed by atoms with Crippen molar-refractivity contribution >= 4 is 11.6 Å². The summed E-state index contributed by atoms with van der Waals surface area (Å²) in [6.07, 6.45) is 3.28. The van der Waals surface area contributed by atoms with Crippen molar-refractivity contribution in [2.75, 3.05) is 6.54 Å². The summed E-state index contributed by atoms with van der Waals surface area (Å²) >= 11 is 5.93. The molecule has 2 aromatic rings. The third-order valence-electron chi connectivity index (χ3n) is 3.93. The van der Waals surface area contributed by atoms with Gasteiger partial charge in [-0.15, -0.1) is 0 Å². The van der Waals surface area contributed by atoms with Crippen LogP contribution in [0.1, 0.15) is 42.8 Å². The van der Waals surface area contributed by atoms with Crippen molar-refractivity contribution in [2.45, 2.75) is 38.8 Å². The van der Waals surface area contributed by atoms with Crippen molar-refractivity contribution in [1.82, 2.24) is 10.1 Å². The lowest BCUT2D eigenvalue weighted by Crippen LogP contribution is -2.22. The summed E-state index contributed by atoms with van der Waals surface area (Å²) in [6, 6.07) is 10.5. The molecule has 1 aromatic heterocycles. The van der Waals surface area contributed by atoms with Gasteiger partial charge in [0.15, 0.2) is 5.76 Å². The zero-order valence-corrected chi connectivity index (χ0v) is 12.4. The summed E-state index contributed by atoms with van der Waals surface area (Å²) in [5.74, 6) is 1.01. The van der Waals surface area contributed by atoms with Gasteiger partial charge < -0.3 is 4.52 Å². The molecule has 1 aromatic carbocycles. The molecule has 0 N–H and O–H groups in total. The van der Waals surface area contributed by atoms with Gasteiger partial charge in [0.25, 0.3) is 0 Å². The quantitative estimate of drug-likeness (QED) is 0.844. The minimum Gasteiger partial charge on any atom is -0.359 e. The molecule has 3 rings (SSSR count). The van der Waals surface area contributed by atoms with Crippen LogP contribution in [0.2, 0.25) is 5.02 Å². The Hall–Kier alpha value is -1.32. The number of halogens is 1. The average molecular weight is 291 g/mol. The van der Waals surface area contributed by atoms with Crippen LogP contribution in [0.3, 0.4) is 0 Å². The smallest absolute Gasteiger partial charge is 0.154 e. The van der Waals surface area contributed by atoms with Gasteiger partial charge in [0.1, 0.15) is 0 Å². The molecule has 1 atom stereocenters. The Morgan fingerprint density at radius 1 is 1.35 bits per heavy atom. The van der Waals surface area contributed by atoms with E-state index in [9.17, 15) is 0 Å². The molecule has 0 radical (unpaired) electrons. The highest BCUT2D eigenvalue weighted by molar-refractivity contribution is 6.30. The van der Waals surface area contributed by atoms with Crippen molar-refractivity contribution in [3.8, 4) is 0 Å². The molecule has 1 fully saturated rings. The number of likely N-dealkylation sites (tertiary alicyclic amines) is 1. The Labute approximate surface area is 124 Å². The number of hydrogen-bond donors (Lipinski definition) is 0. The molecule has 1 unspecified atom stereocenters. The molecule has 0 aliphatic carbocycles. The molecule has 1 aliphatic heterocycles. The topological polar surface area (TPSA) is 29.3 Å². The van der Waals surface area contributed by atoms with E-state index in [1.807, 2.05) is 12.1 Å². The second-order valence-electron chi connectivity index (χ2n) is 5.33. The molecule has 3 nitrogen and oxygen atoms in total. The molecule has 0 spiro atoms. The summed E-state index contributed by atoms with van der Waals surface area (Å²) < 4.78 is 5.51. The Morgan fingerprint density at radius 3 is 2.85 bits per heavy atom. The first-order valence-electron chi connectivity index (χ1n) is 7.20. The number of benzene rings is 1. The second kappa shape index (κ2) is 5.98. The SMILES string of the molecule is CCc1cc(C2CCCN2Cc2ccc(Cl)cc2)on1. The first-order chi connectivity index (χ1) is 9.76. The molecule has 106 valence electrons. The Balaban J connectivity index is 1.73. The number of aryl methyl sites for hydroxylation is 1. The van der Waals surface area contributed by atoms with Gasteiger partial charge in [-0.05, 0) is 43.5 Å². The number of aromatic nitrogens is 1. The van der Waals surface area contributed by atoms with Crippen LogP contribution in [0.4, 0.5) is 0 Å². The Kier molecular flexibility index (Phi) is 4.08. The van der Waals surface area contributed by atoms with E-state index in [2.05, 4.69) is 35.2 Å². The fourth-order valence-electron chi connectivity index (χ4n) is 2.81. The van der Waals surface area contributed by atoms with E-state index in [0.29, 0.717) is 6.04 Å². The standard InChI is InChI=1S/C16H19ClN2O/c1-2-14-10-16(20-18-14)15-4-3-9-19(15)11-12-5-7-13(17)8-6-12/h5-8,10,15H,2-4,9,11H2,1H3. The zero-order chi connectivity index (χ0) is 13.9. The van der Waals surface area contributed by atoms with Crippen LogP contribution in [0.5, 0.6) is 0 Å². The third-order valence-corrected chi connectivity index (χ3v) is 4.18. The summed E-state index contributed by atoms with van der Waals surface area (Å²) in [6.45, 7) is 4.14. The molecule has 0 amide bonds. The van der Waals surface area contributed by atoms with Gasteiger partial charge in [-0.3, -0.25) is 4.90 Å². The normalized spacial score (nSPS) is 19.6. The highest BCUT2D eigenvalue weighted by Crippen LogP contribution is 2.33. The van der Waals surface area contributed by atoms with Crippen molar-refractivity contribution in [3.63, 3.8) is 0 Å². The minimum absolute atomic E-state index is 0.360. The van der Waals surface area contributed by atoms with E-state index in [1.165, 1.54) is 12.0 Å². The maximum absolute atomic E-state index is 5.93. The highest BCUT2D eigenvalue weighted by Gasteiger charge is 2.29. The fourth-order valence-corrected chi connectivity index (χ4v) is 2.94. The number of nitrogens with zero attached hydrogens (tertiary/aromatic N) is 2. The molecular weight excluding hydrogens is 272 g/mol. The van der Waals surface area contributed by atoms with E-state index in [-0.39, 0.29) is 0 Å². The maximum Gasteiger partial charge on any atom is 0.154 e. The zero-order valence-electron chi connectivity index (χ0n) is 11.7. The molecule has 0 bridgehead atoms. The maximum atomic E-state index is 5.93. The lowest BCUT2D eigenvalue weighted by Gasteiger charge is -2.22. The molecule has 0 saturated carbocycles. The van der Waals surface area contributed by atoms with Crippen LogP contribution in [-0.4, -0.2) is 16.6 Å². The predicted octanol–water partition coefficient (Wildman–Crippen LogP) is 4.23. The summed E-state index contributed by atoms with van der Waals surface area (Å²) in [7, 11) is 0. The van der Waals surface area contributed by atoms with Crippen molar-refractivity contribution in [3.05, 3.63) is 52.4 Å². The summed E-state index contributed by atoms with van der Waals surface area (Å²) in [4.78, 5) is 2.46. The van der Waals surface area contributed by atoms with Gasteiger partial charge in [-0.25, -0.2) is 0 Å². The van der Waals surface area contributed by atoms with Gasteiger partial charge in [0, 0.05) is 17.6 Å². The van der Waals surface area contributed by atoms with E-state index >= 15 is 0 Å². The van der Waals surface area contributed by atoms with Crippen LogP contribution in [0.25, 0.3) is 0 Å². The lowest BCUT2D eigenvalue weighted by molar-refractivity contribution is 0.206. The largest absolute Gasteiger partial charge is 0.359 e. The summed E-state index contributed by atoms with van der Waals surface area (Å²) in [5, 5.41) is 4.90. The van der Waals surface area contributed by atoms with Gasteiger partial charge >= 0.3 is 0 Å². The molecule has 1 aliphatic rings. The van der Waals surface area contributed by atoms with Crippen LogP contribution in [-0.2, 0) is 13.0 Å². The average Bonchev–Trinajstić information content (AvgIpc) is 3.09. The van der Waals surface area contributed by atoms with E-state index < -0.39 is 0 Å². The first kappa shape index (κ1) is 13.7. The van der Waals surface area contributed by atoms with E-state index in [0.717, 1.165) is 42.4 Å². The monoisotopic (exact) mass is 290 g/mol. The molecular formula is C16H19ClN2O. The predicted molar refractivity (Wildman–Crippen MR) is 79.7 cm³/mol. The van der Waals surface area contributed by atoms with Crippen LogP contribution >= 0.6 is 11.6 Å². The first-order valence-corrected chi connectivity index (χ1v) is 7.58.